The van der Waals surface area contributed by atoms with Gasteiger partial charge < -0.3 is 9.64 Å². The number of ether oxygens (including phenoxy) is 1. The number of nitrogens with zero attached hydrogens (tertiary/aromatic N) is 6. The summed E-state index contributed by atoms with van der Waals surface area (Å²) in [4.78, 5) is 10.6. The van der Waals surface area contributed by atoms with Gasteiger partial charge in [0.1, 0.15) is 23.1 Å². The third-order valence-corrected chi connectivity index (χ3v) is 6.55. The van der Waals surface area contributed by atoms with Gasteiger partial charge in [-0.3, -0.25) is 4.99 Å². The molecule has 0 radical (unpaired) electrons. The van der Waals surface area contributed by atoms with E-state index in [-0.39, 0.29) is 11.2 Å². The molecule has 11 heteroatoms. The van der Waals surface area contributed by atoms with Crippen molar-refractivity contribution in [2.45, 2.75) is 31.5 Å². The zero-order chi connectivity index (χ0) is 25.0. The summed E-state index contributed by atoms with van der Waals surface area (Å²) in [5, 5.41) is 13.9. The number of hydrogen-bond donors (Lipinski definition) is 0. The molecule has 0 amide bonds. The third kappa shape index (κ3) is 3.94. The predicted molar refractivity (Wildman–Crippen MR) is 126 cm³/mol. The molecule has 0 saturated carbocycles. The Labute approximate surface area is 204 Å². The molecule has 35 heavy (non-hydrogen) atoms. The van der Waals surface area contributed by atoms with Gasteiger partial charge in [-0.25, -0.2) is 4.98 Å². The van der Waals surface area contributed by atoms with E-state index >= 15 is 0 Å². The van der Waals surface area contributed by atoms with Gasteiger partial charge in [0.2, 0.25) is 0 Å². The molecule has 0 atom stereocenters. The molecule has 7 nitrogen and oxygen atoms in total. The number of aliphatic imine (C=N–C) groups is 1. The van der Waals surface area contributed by atoms with Gasteiger partial charge in [0.25, 0.3) is 0 Å². The number of aromatic nitrogens is 3. The Bertz CT molecular complexity index is 1400. The van der Waals surface area contributed by atoms with E-state index in [1.807, 2.05) is 4.90 Å². The molecule has 2 aromatic rings. The fourth-order valence-corrected chi connectivity index (χ4v) is 4.90. The van der Waals surface area contributed by atoms with Crippen LogP contribution >= 0.6 is 11.6 Å². The average Bonchev–Trinajstić information content (AvgIpc) is 3.40. The van der Waals surface area contributed by atoms with Crippen LogP contribution in [-0.2, 0) is 10.9 Å². The maximum absolute atomic E-state index is 13.7. The number of alkyl halides is 3. The van der Waals surface area contributed by atoms with Gasteiger partial charge in [0.15, 0.2) is 11.3 Å². The molecule has 0 aromatic carbocycles. The highest BCUT2D eigenvalue weighted by molar-refractivity contribution is 6.35. The monoisotopic (exact) mass is 500 g/mol. The fraction of sp³-hybridized carbons (Fsp3) is 0.333. The number of aryl methyl sites for hydroxylation is 1. The highest BCUT2D eigenvalue weighted by atomic mass is 35.5. The van der Waals surface area contributed by atoms with E-state index in [2.05, 4.69) is 21.7 Å². The number of allylic oxidation sites excluding steroid dienone is 5. The van der Waals surface area contributed by atoms with Crippen molar-refractivity contribution in [1.29, 1.82) is 5.26 Å². The van der Waals surface area contributed by atoms with Crippen LogP contribution in [0.1, 0.15) is 35.4 Å². The van der Waals surface area contributed by atoms with Crippen molar-refractivity contribution in [2.24, 2.45) is 4.99 Å². The molecule has 2 saturated heterocycles. The lowest BCUT2D eigenvalue weighted by atomic mass is 9.90. The van der Waals surface area contributed by atoms with Crippen molar-refractivity contribution >= 4 is 34.9 Å². The zero-order valence-corrected chi connectivity index (χ0v) is 19.5. The Hall–Kier alpha value is -3.42. The van der Waals surface area contributed by atoms with Crippen LogP contribution in [0.15, 0.2) is 46.6 Å². The fourth-order valence-electron chi connectivity index (χ4n) is 4.74. The molecule has 5 rings (SSSR count). The normalized spacial score (nSPS) is 21.6. The lowest BCUT2D eigenvalue weighted by molar-refractivity contribution is -0.141. The van der Waals surface area contributed by atoms with Crippen molar-refractivity contribution in [3.63, 3.8) is 0 Å². The van der Waals surface area contributed by atoms with Gasteiger partial charge >= 0.3 is 6.18 Å². The van der Waals surface area contributed by atoms with Crippen LogP contribution < -0.4 is 4.90 Å². The Kier molecular flexibility index (Phi) is 5.57. The summed E-state index contributed by atoms with van der Waals surface area (Å²) >= 11 is 6.13. The van der Waals surface area contributed by atoms with Crippen molar-refractivity contribution in [3.8, 4) is 6.07 Å². The highest BCUT2D eigenvalue weighted by Gasteiger charge is 2.48. The quantitative estimate of drug-likeness (QED) is 0.595. The van der Waals surface area contributed by atoms with Gasteiger partial charge in [-0.2, -0.15) is 28.0 Å². The molecule has 0 unspecified atom stereocenters. The van der Waals surface area contributed by atoms with Gasteiger partial charge in [-0.05, 0) is 38.0 Å². The van der Waals surface area contributed by atoms with Crippen LogP contribution in [0.25, 0.3) is 11.7 Å². The molecule has 3 aliphatic rings. The van der Waals surface area contributed by atoms with Crippen LogP contribution in [-0.4, -0.2) is 45.6 Å². The molecule has 1 aliphatic carbocycles. The van der Waals surface area contributed by atoms with Crippen LogP contribution in [0.2, 0.25) is 0 Å². The van der Waals surface area contributed by atoms with Crippen molar-refractivity contribution in [3.05, 3.63) is 64.1 Å². The molecular weight excluding hydrogens is 481 g/mol. The molecule has 2 aromatic heterocycles. The first-order chi connectivity index (χ1) is 16.7. The van der Waals surface area contributed by atoms with Gasteiger partial charge in [0, 0.05) is 29.0 Å². The van der Waals surface area contributed by atoms with Gasteiger partial charge in [-0.1, -0.05) is 24.3 Å². The summed E-state index contributed by atoms with van der Waals surface area (Å²) in [6, 6.07) is 1.64. The SMILES string of the molecule is C=CN=C1C=C(Cl)C=C/C1=C\c1c(C)nc2c(C#N)c(C(F)(F)F)nn2c1N1CC2(CCCO2)C1. The number of anilines is 1. The van der Waals surface area contributed by atoms with Crippen molar-refractivity contribution in [2.75, 3.05) is 24.6 Å². The summed E-state index contributed by atoms with van der Waals surface area (Å²) in [6.07, 6.45) is 5.33. The Morgan fingerprint density at radius 1 is 1.34 bits per heavy atom. The number of rotatable bonds is 3. The predicted octanol–water partition coefficient (Wildman–Crippen LogP) is 4.96. The second-order valence-corrected chi connectivity index (χ2v) is 9.09. The first-order valence-corrected chi connectivity index (χ1v) is 11.3. The zero-order valence-electron chi connectivity index (χ0n) is 18.7. The minimum absolute atomic E-state index is 0.134. The van der Waals surface area contributed by atoms with E-state index < -0.39 is 17.4 Å². The standard InChI is InChI=1S/C24H20ClF3N6O/c1-3-30-19-10-16(25)6-5-15(19)9-17-14(2)31-21-18(11-29)20(24(26,27)28)32-34(21)22(17)33-12-23(13-33)7-4-8-35-23/h3,5-6,9-10H,1,4,7-8,12-13H2,2H3/b15-9+,30-19?. The lowest BCUT2D eigenvalue weighted by Gasteiger charge is -2.48. The minimum Gasteiger partial charge on any atom is -0.371 e. The largest absolute Gasteiger partial charge is 0.436 e. The molecule has 2 fully saturated rings. The van der Waals surface area contributed by atoms with Crippen LogP contribution in [0.5, 0.6) is 0 Å². The van der Waals surface area contributed by atoms with E-state index in [9.17, 15) is 18.4 Å². The number of fused-ring (bicyclic) bond motifs is 1. The Morgan fingerprint density at radius 2 is 2.11 bits per heavy atom. The molecule has 4 heterocycles. The maximum atomic E-state index is 13.7. The van der Waals surface area contributed by atoms with Gasteiger partial charge in [-0.15, -0.1) is 0 Å². The average molecular weight is 501 g/mol. The first kappa shape index (κ1) is 23.3. The second kappa shape index (κ2) is 8.36. The van der Waals surface area contributed by atoms with Gasteiger partial charge in [0.05, 0.1) is 24.5 Å². The van der Waals surface area contributed by atoms with Crippen molar-refractivity contribution < 1.29 is 17.9 Å². The first-order valence-electron chi connectivity index (χ1n) is 10.9. The highest BCUT2D eigenvalue weighted by Crippen LogP contribution is 2.41. The molecule has 180 valence electrons. The summed E-state index contributed by atoms with van der Waals surface area (Å²) in [6.45, 7) is 6.99. The topological polar surface area (TPSA) is 78.8 Å². The maximum Gasteiger partial charge on any atom is 0.436 e. The Morgan fingerprint density at radius 3 is 2.74 bits per heavy atom. The lowest BCUT2D eigenvalue weighted by Crippen LogP contribution is -2.62. The summed E-state index contributed by atoms with van der Waals surface area (Å²) in [7, 11) is 0. The molecule has 2 aliphatic heterocycles. The van der Waals surface area contributed by atoms with E-state index in [4.69, 9.17) is 16.3 Å². The second-order valence-electron chi connectivity index (χ2n) is 8.65. The summed E-state index contributed by atoms with van der Waals surface area (Å²) in [5.74, 6) is 0.417. The van der Waals surface area contributed by atoms with E-state index in [1.165, 1.54) is 6.20 Å². The number of nitriles is 1. The summed E-state index contributed by atoms with van der Waals surface area (Å²) < 4.78 is 48.3. The third-order valence-electron chi connectivity index (χ3n) is 6.31. The summed E-state index contributed by atoms with van der Waals surface area (Å²) in [5.41, 5.74) is -0.0740. The van der Waals surface area contributed by atoms with Crippen LogP contribution in [0.4, 0.5) is 19.0 Å². The molecular formula is C24H20ClF3N6O. The minimum atomic E-state index is -4.80. The molecule has 0 N–H and O–H groups in total. The van der Waals surface area contributed by atoms with Crippen LogP contribution in [0.3, 0.4) is 0 Å². The van der Waals surface area contributed by atoms with E-state index in [1.54, 1.807) is 37.3 Å². The molecule has 1 spiro atoms. The Balaban J connectivity index is 1.74. The van der Waals surface area contributed by atoms with E-state index in [0.717, 1.165) is 17.4 Å². The van der Waals surface area contributed by atoms with Crippen LogP contribution in [0, 0.1) is 18.3 Å². The van der Waals surface area contributed by atoms with Crippen molar-refractivity contribution in [1.82, 2.24) is 14.6 Å². The van der Waals surface area contributed by atoms with E-state index in [0.29, 0.717) is 53.1 Å². The number of halogens is 4. The number of hydrogen-bond acceptors (Lipinski definition) is 6. The molecule has 0 bridgehead atoms. The smallest absolute Gasteiger partial charge is 0.371 e.